The molecule has 2 heterocycles. The molecule has 1 atom stereocenters. The maximum Gasteiger partial charge on any atom is 0.153 e. The van der Waals surface area contributed by atoms with E-state index in [0.29, 0.717) is 0 Å². The first-order valence-corrected chi connectivity index (χ1v) is 6.16. The van der Waals surface area contributed by atoms with Gasteiger partial charge in [-0.3, -0.25) is 0 Å². The van der Waals surface area contributed by atoms with Crippen molar-refractivity contribution in [1.82, 2.24) is 14.8 Å². The first-order valence-electron chi connectivity index (χ1n) is 5.37. The summed E-state index contributed by atoms with van der Waals surface area (Å²) in [5, 5.41) is 14.0. The van der Waals surface area contributed by atoms with E-state index in [-0.39, 0.29) is 0 Å². The molecule has 0 aromatic carbocycles. The first kappa shape index (κ1) is 12.3. The molecule has 2 aromatic heterocycles. The molecule has 0 unspecified atom stereocenters. The molecule has 90 valence electrons. The van der Waals surface area contributed by atoms with Gasteiger partial charge in [-0.25, -0.2) is 9.67 Å². The second-order valence-electron chi connectivity index (χ2n) is 4.02. The van der Waals surface area contributed by atoms with Crippen LogP contribution in [-0.4, -0.2) is 19.9 Å². The number of aliphatic hydroxyl groups excluding tert-OH is 1. The number of aliphatic hydroxyl groups is 1. The van der Waals surface area contributed by atoms with Crippen LogP contribution in [0.15, 0.2) is 22.8 Å². The quantitative estimate of drug-likeness (QED) is 0.927. The fourth-order valence-corrected chi connectivity index (χ4v) is 1.90. The first-order chi connectivity index (χ1) is 8.00. The highest BCUT2D eigenvalue weighted by atomic mass is 79.9. The molecule has 17 heavy (non-hydrogen) atoms. The maximum absolute atomic E-state index is 9.56. The van der Waals surface area contributed by atoms with Crippen molar-refractivity contribution in [1.29, 1.82) is 0 Å². The third-order valence-corrected chi connectivity index (χ3v) is 3.82. The van der Waals surface area contributed by atoms with E-state index < -0.39 is 6.10 Å². The Kier molecular flexibility index (Phi) is 3.31. The van der Waals surface area contributed by atoms with Gasteiger partial charge >= 0.3 is 0 Å². The van der Waals surface area contributed by atoms with Gasteiger partial charge in [-0.05, 0) is 54.4 Å². The lowest BCUT2D eigenvalue weighted by Gasteiger charge is -2.07. The van der Waals surface area contributed by atoms with Gasteiger partial charge in [-0.2, -0.15) is 5.10 Å². The van der Waals surface area contributed by atoms with Crippen LogP contribution in [0.3, 0.4) is 0 Å². The Morgan fingerprint density at radius 1 is 1.41 bits per heavy atom. The van der Waals surface area contributed by atoms with Crippen LogP contribution in [-0.2, 0) is 0 Å². The number of pyridine rings is 1. The van der Waals surface area contributed by atoms with Crippen molar-refractivity contribution in [2.75, 3.05) is 0 Å². The lowest BCUT2D eigenvalue weighted by molar-refractivity contribution is 0.199. The van der Waals surface area contributed by atoms with Gasteiger partial charge in [0.1, 0.15) is 0 Å². The third-order valence-electron chi connectivity index (χ3n) is 2.67. The number of aromatic nitrogens is 3. The highest BCUT2D eigenvalue weighted by molar-refractivity contribution is 9.10. The predicted octanol–water partition coefficient (Wildman–Crippen LogP) is 2.70. The number of hydrogen-bond acceptors (Lipinski definition) is 3. The zero-order valence-corrected chi connectivity index (χ0v) is 11.6. The molecule has 0 aliphatic carbocycles. The molecule has 2 aromatic rings. The molecule has 0 amide bonds. The van der Waals surface area contributed by atoms with Crippen molar-refractivity contribution >= 4 is 15.9 Å². The Morgan fingerprint density at radius 3 is 2.65 bits per heavy atom. The van der Waals surface area contributed by atoms with Gasteiger partial charge in [0, 0.05) is 6.20 Å². The zero-order valence-electron chi connectivity index (χ0n) is 9.98. The average Bonchev–Trinajstić information content (AvgIpc) is 2.57. The summed E-state index contributed by atoms with van der Waals surface area (Å²) in [6, 6.07) is 3.64. The van der Waals surface area contributed by atoms with E-state index in [9.17, 15) is 5.11 Å². The van der Waals surface area contributed by atoms with Crippen molar-refractivity contribution in [3.8, 4) is 5.82 Å². The lowest BCUT2D eigenvalue weighted by atomic mass is 10.2. The summed E-state index contributed by atoms with van der Waals surface area (Å²) in [5.41, 5.74) is 2.75. The van der Waals surface area contributed by atoms with E-state index in [4.69, 9.17) is 0 Å². The second kappa shape index (κ2) is 4.58. The van der Waals surface area contributed by atoms with E-state index >= 15 is 0 Å². The van der Waals surface area contributed by atoms with E-state index in [0.717, 1.165) is 27.2 Å². The van der Waals surface area contributed by atoms with Crippen molar-refractivity contribution < 1.29 is 5.11 Å². The Labute approximate surface area is 108 Å². The van der Waals surface area contributed by atoms with Gasteiger partial charge in [0.25, 0.3) is 0 Å². The average molecular weight is 296 g/mol. The summed E-state index contributed by atoms with van der Waals surface area (Å²) >= 11 is 3.48. The molecule has 0 aliphatic heterocycles. The van der Waals surface area contributed by atoms with Crippen molar-refractivity contribution in [3.63, 3.8) is 0 Å². The van der Waals surface area contributed by atoms with Crippen LogP contribution < -0.4 is 0 Å². The number of hydrogen-bond donors (Lipinski definition) is 1. The van der Waals surface area contributed by atoms with E-state index in [1.165, 1.54) is 0 Å². The molecule has 0 bridgehead atoms. The van der Waals surface area contributed by atoms with Crippen molar-refractivity contribution in [2.24, 2.45) is 0 Å². The predicted molar refractivity (Wildman–Crippen MR) is 69.2 cm³/mol. The van der Waals surface area contributed by atoms with Crippen LogP contribution >= 0.6 is 15.9 Å². The summed E-state index contributed by atoms with van der Waals surface area (Å²) in [6.45, 7) is 5.64. The van der Waals surface area contributed by atoms with Crippen molar-refractivity contribution in [3.05, 3.63) is 39.8 Å². The lowest BCUT2D eigenvalue weighted by Crippen LogP contribution is -2.03. The Balaban J connectivity index is 2.53. The summed E-state index contributed by atoms with van der Waals surface area (Å²) in [6.07, 6.45) is 1.18. The van der Waals surface area contributed by atoms with Crippen LogP contribution in [0.2, 0.25) is 0 Å². The van der Waals surface area contributed by atoms with Gasteiger partial charge < -0.3 is 5.11 Å². The Bertz CT molecular complexity index is 549. The highest BCUT2D eigenvalue weighted by Crippen LogP contribution is 2.23. The largest absolute Gasteiger partial charge is 0.389 e. The number of rotatable bonds is 2. The molecule has 0 aliphatic rings. The van der Waals surface area contributed by atoms with E-state index in [1.807, 2.05) is 19.9 Å². The van der Waals surface area contributed by atoms with Gasteiger partial charge in [0.2, 0.25) is 0 Å². The monoisotopic (exact) mass is 295 g/mol. The van der Waals surface area contributed by atoms with Crippen molar-refractivity contribution in [2.45, 2.75) is 26.9 Å². The number of halogens is 1. The molecular weight excluding hydrogens is 282 g/mol. The number of nitrogens with zero attached hydrogens (tertiary/aromatic N) is 3. The molecule has 1 N–H and O–H groups in total. The summed E-state index contributed by atoms with van der Waals surface area (Å²) in [7, 11) is 0. The standard InChI is InChI=1S/C12H14BrN3O/c1-7-12(13)8(2)16(15-7)11-6-10(9(3)17)4-5-14-11/h4-6,9,17H,1-3H3/t9-/m1/s1. The maximum atomic E-state index is 9.56. The number of aryl methyl sites for hydroxylation is 1. The van der Waals surface area contributed by atoms with Gasteiger partial charge in [-0.1, -0.05) is 0 Å². The minimum absolute atomic E-state index is 0.503. The van der Waals surface area contributed by atoms with E-state index in [2.05, 4.69) is 26.0 Å². The van der Waals surface area contributed by atoms with Gasteiger partial charge in [-0.15, -0.1) is 0 Å². The normalized spacial score (nSPS) is 12.8. The summed E-state index contributed by atoms with van der Waals surface area (Å²) in [4.78, 5) is 4.28. The Hall–Kier alpha value is -1.20. The van der Waals surface area contributed by atoms with Crippen LogP contribution in [0.4, 0.5) is 0 Å². The molecule has 0 saturated carbocycles. The zero-order chi connectivity index (χ0) is 12.6. The SMILES string of the molecule is Cc1nn(-c2cc([C@@H](C)O)ccn2)c(C)c1Br. The van der Waals surface area contributed by atoms with Crippen LogP contribution in [0, 0.1) is 13.8 Å². The summed E-state index contributed by atoms with van der Waals surface area (Å²) in [5.74, 6) is 0.717. The van der Waals surface area contributed by atoms with Crippen LogP contribution in [0.1, 0.15) is 30.0 Å². The molecule has 0 saturated heterocycles. The molecule has 5 heteroatoms. The molecule has 2 rings (SSSR count). The molecule has 0 spiro atoms. The third kappa shape index (κ3) is 2.25. The molecule has 4 nitrogen and oxygen atoms in total. The topological polar surface area (TPSA) is 50.9 Å². The fraction of sp³-hybridized carbons (Fsp3) is 0.333. The Morgan fingerprint density at radius 2 is 2.12 bits per heavy atom. The molecule has 0 radical (unpaired) electrons. The minimum atomic E-state index is -0.503. The highest BCUT2D eigenvalue weighted by Gasteiger charge is 2.12. The van der Waals surface area contributed by atoms with Crippen LogP contribution in [0.5, 0.6) is 0 Å². The second-order valence-corrected chi connectivity index (χ2v) is 4.81. The van der Waals surface area contributed by atoms with E-state index in [1.54, 1.807) is 23.9 Å². The molecule has 0 fully saturated rings. The smallest absolute Gasteiger partial charge is 0.153 e. The van der Waals surface area contributed by atoms with Gasteiger partial charge in [0.05, 0.1) is 22.0 Å². The molecular formula is C12H14BrN3O. The summed E-state index contributed by atoms with van der Waals surface area (Å²) < 4.78 is 2.76. The fourth-order valence-electron chi connectivity index (χ4n) is 1.66. The van der Waals surface area contributed by atoms with Crippen LogP contribution in [0.25, 0.3) is 5.82 Å². The minimum Gasteiger partial charge on any atom is -0.389 e. The van der Waals surface area contributed by atoms with Gasteiger partial charge in [0.15, 0.2) is 5.82 Å².